The van der Waals surface area contributed by atoms with Gasteiger partial charge in [-0.1, -0.05) is 21.6 Å². The fourth-order valence-electron chi connectivity index (χ4n) is 3.98. The highest BCUT2D eigenvalue weighted by atomic mass is 33.1. The first kappa shape index (κ1) is 38.6. The van der Waals surface area contributed by atoms with Crippen LogP contribution in [0.2, 0.25) is 0 Å². The summed E-state index contributed by atoms with van der Waals surface area (Å²) in [4.78, 5) is 94.0. The van der Waals surface area contributed by atoms with Crippen LogP contribution in [0.3, 0.4) is 0 Å². The fourth-order valence-corrected chi connectivity index (χ4v) is 7.00. The van der Waals surface area contributed by atoms with E-state index < -0.39 is 83.3 Å². The molecule has 1 fully saturated rings. The largest absolute Gasteiger partial charge is 0.481 e. The number of carbonyl (C=O) groups is 7. The van der Waals surface area contributed by atoms with Gasteiger partial charge in [0, 0.05) is 30.5 Å². The first-order valence-corrected chi connectivity index (χ1v) is 16.4. The molecule has 4 atom stereocenters. The van der Waals surface area contributed by atoms with Crippen molar-refractivity contribution >= 4 is 81.6 Å². The second-order valence-electron chi connectivity index (χ2n) is 10.3. The van der Waals surface area contributed by atoms with E-state index in [1.807, 2.05) is 0 Å². The molecule has 1 saturated heterocycles. The van der Waals surface area contributed by atoms with E-state index in [-0.39, 0.29) is 43.3 Å². The van der Waals surface area contributed by atoms with Gasteiger partial charge in [0.25, 0.3) is 0 Å². The normalized spacial score (nSPS) is 23.8. The van der Waals surface area contributed by atoms with Crippen LogP contribution in [0.15, 0.2) is 4.99 Å². The zero-order valence-corrected chi connectivity index (χ0v) is 27.2. The Balaban J connectivity index is 3.51. The second kappa shape index (κ2) is 18.4. The molecule has 20 heteroatoms. The van der Waals surface area contributed by atoms with Crippen LogP contribution in [-0.4, -0.2) is 118 Å². The number of nitrogens with zero attached hydrogens (tertiary/aromatic N) is 2. The van der Waals surface area contributed by atoms with Crippen LogP contribution >= 0.6 is 34.2 Å². The van der Waals surface area contributed by atoms with E-state index in [1.165, 1.54) is 7.05 Å². The highest BCUT2D eigenvalue weighted by Gasteiger charge is 2.39. The van der Waals surface area contributed by atoms with Crippen molar-refractivity contribution < 1.29 is 38.7 Å². The molecular formula is C24H41N9O8S3. The number of primary amides is 1. The van der Waals surface area contributed by atoms with Gasteiger partial charge in [-0.15, -0.1) is 0 Å². The number of aliphatic imine (C=N–C) groups is 1. The number of carboxylic acid groups (broad SMARTS) is 1. The Bertz CT molecular complexity index is 1120. The highest BCUT2D eigenvalue weighted by Crippen LogP contribution is 2.38. The van der Waals surface area contributed by atoms with Crippen molar-refractivity contribution in [3.63, 3.8) is 0 Å². The number of likely N-dealkylation sites (N-methyl/N-ethyl adjacent to an activating group) is 1. The number of hydrogen-bond donors (Lipinski definition) is 9. The van der Waals surface area contributed by atoms with Gasteiger partial charge < -0.3 is 48.5 Å². The highest BCUT2D eigenvalue weighted by molar-refractivity contribution is 8.77. The molecule has 1 heterocycles. The third-order valence-corrected chi connectivity index (χ3v) is 9.77. The minimum absolute atomic E-state index is 0.0149. The third kappa shape index (κ3) is 13.1. The summed E-state index contributed by atoms with van der Waals surface area (Å²) < 4.78 is -1.11. The maximum absolute atomic E-state index is 13.7. The lowest BCUT2D eigenvalue weighted by molar-refractivity contribution is -0.142. The van der Waals surface area contributed by atoms with Gasteiger partial charge in [0.15, 0.2) is 5.96 Å². The van der Waals surface area contributed by atoms with E-state index in [0.717, 1.165) is 26.5 Å². The summed E-state index contributed by atoms with van der Waals surface area (Å²) in [6.45, 7) is 2.66. The molecule has 11 N–H and O–H groups in total. The van der Waals surface area contributed by atoms with E-state index in [4.69, 9.17) is 17.2 Å². The molecule has 17 nitrogen and oxygen atoms in total. The number of carboxylic acids is 1. The molecule has 0 aromatic carbocycles. The first-order chi connectivity index (χ1) is 20.5. The summed E-state index contributed by atoms with van der Waals surface area (Å²) >= 11 is 4.05. The summed E-state index contributed by atoms with van der Waals surface area (Å²) in [5.41, 5.74) is 16.3. The molecular weight excluding hydrogens is 639 g/mol. The number of thiol groups is 1. The van der Waals surface area contributed by atoms with Crippen LogP contribution in [0.5, 0.6) is 0 Å². The summed E-state index contributed by atoms with van der Waals surface area (Å²) in [5.74, 6) is -5.99. The molecule has 0 aromatic rings. The van der Waals surface area contributed by atoms with Crippen molar-refractivity contribution in [1.29, 1.82) is 0 Å². The molecule has 44 heavy (non-hydrogen) atoms. The Morgan fingerprint density at radius 1 is 1.14 bits per heavy atom. The second-order valence-corrected chi connectivity index (χ2v) is 13.7. The molecule has 0 aromatic heterocycles. The molecule has 248 valence electrons. The predicted molar refractivity (Wildman–Crippen MR) is 169 cm³/mol. The molecule has 6 amide bonds. The first-order valence-electron chi connectivity index (χ1n) is 13.4. The number of rotatable bonds is 10. The Morgan fingerprint density at radius 3 is 2.36 bits per heavy atom. The van der Waals surface area contributed by atoms with Crippen LogP contribution in [0, 0.1) is 0 Å². The lowest BCUT2D eigenvalue weighted by atomic mass is 10.0. The molecule has 0 bridgehead atoms. The average molecular weight is 680 g/mol. The molecule has 1 rings (SSSR count). The minimum atomic E-state index is -1.60. The Kier molecular flexibility index (Phi) is 16.2. The molecule has 1 aliphatic rings. The van der Waals surface area contributed by atoms with Crippen LogP contribution in [0.1, 0.15) is 39.5 Å². The Labute approximate surface area is 268 Å². The van der Waals surface area contributed by atoms with E-state index in [1.54, 1.807) is 13.8 Å². The van der Waals surface area contributed by atoms with Crippen LogP contribution in [0.25, 0.3) is 0 Å². The minimum Gasteiger partial charge on any atom is -0.481 e. The summed E-state index contributed by atoms with van der Waals surface area (Å²) in [7, 11) is 3.56. The van der Waals surface area contributed by atoms with Crippen molar-refractivity contribution in [1.82, 2.24) is 26.2 Å². The van der Waals surface area contributed by atoms with Gasteiger partial charge in [-0.3, -0.25) is 38.6 Å². The molecule has 0 unspecified atom stereocenters. The number of guanidine groups is 1. The number of hydrogen-bond acceptors (Lipinski definition) is 11. The monoisotopic (exact) mass is 679 g/mol. The Morgan fingerprint density at radius 2 is 1.80 bits per heavy atom. The molecule has 0 saturated carbocycles. The van der Waals surface area contributed by atoms with E-state index in [2.05, 4.69) is 38.9 Å². The quantitative estimate of drug-likeness (QED) is 0.0365. The third-order valence-electron chi connectivity index (χ3n) is 6.25. The van der Waals surface area contributed by atoms with Gasteiger partial charge in [-0.25, -0.2) is 0 Å². The number of amides is 6. The SMILES string of the molecule is CN1C(=O)[C@@H](NC(=O)CCS)CSSC(C)(C)[C@@H](C(N)=O)NC(=O)[C@H](CC(=O)O)NC(=O)CNC(=O)[C@@H]1CCCN=C(N)N. The summed E-state index contributed by atoms with van der Waals surface area (Å²) in [5, 5.41) is 19.0. The van der Waals surface area contributed by atoms with Gasteiger partial charge in [0.05, 0.1) is 13.0 Å². The molecule has 0 radical (unpaired) electrons. The summed E-state index contributed by atoms with van der Waals surface area (Å²) in [6.07, 6.45) is -0.462. The van der Waals surface area contributed by atoms with Crippen molar-refractivity contribution in [3.05, 3.63) is 0 Å². The van der Waals surface area contributed by atoms with Gasteiger partial charge in [0.2, 0.25) is 35.4 Å². The number of nitrogens with two attached hydrogens (primary N) is 3. The molecule has 0 spiro atoms. The van der Waals surface area contributed by atoms with Gasteiger partial charge in [-0.2, -0.15) is 12.6 Å². The topological polar surface area (TPSA) is 282 Å². The lowest BCUT2D eigenvalue weighted by Gasteiger charge is -2.33. The number of nitrogens with one attached hydrogen (secondary N) is 4. The standard InChI is InChI=1S/C24H41N9O8S3/c1-24(2)18(19(25)38)32-20(39)12(9-17(36)37)30-16(35)10-29-21(40)14(5-4-7-28-23(26)27)33(3)22(41)13(11-43-44-24)31-15(34)6-8-42/h12-14,18,42H,4-11H2,1-3H3,(H2,25,38)(H,29,40)(H,30,35)(H,31,34)(H,32,39)(H,36,37)(H4,26,27,28)/t12-,13-,14-,18+/m0/s1. The summed E-state index contributed by atoms with van der Waals surface area (Å²) in [6, 6.07) is -5.18. The van der Waals surface area contributed by atoms with Crippen molar-refractivity contribution in [2.24, 2.45) is 22.2 Å². The predicted octanol–water partition coefficient (Wildman–Crippen LogP) is -3.11. The average Bonchev–Trinajstić information content (AvgIpc) is 2.91. The van der Waals surface area contributed by atoms with Crippen LogP contribution in [0.4, 0.5) is 0 Å². The van der Waals surface area contributed by atoms with E-state index in [9.17, 15) is 38.7 Å². The van der Waals surface area contributed by atoms with Gasteiger partial charge >= 0.3 is 5.97 Å². The zero-order chi connectivity index (χ0) is 33.6. The van der Waals surface area contributed by atoms with Crippen LogP contribution in [-0.2, 0) is 33.6 Å². The van der Waals surface area contributed by atoms with Crippen molar-refractivity contribution in [2.75, 3.05) is 31.6 Å². The molecule has 0 aliphatic carbocycles. The lowest BCUT2D eigenvalue weighted by Crippen LogP contribution is -2.59. The molecule has 1 aliphatic heterocycles. The van der Waals surface area contributed by atoms with Gasteiger partial charge in [0.1, 0.15) is 24.2 Å². The maximum Gasteiger partial charge on any atom is 0.305 e. The van der Waals surface area contributed by atoms with E-state index >= 15 is 0 Å². The number of carbonyl (C=O) groups excluding carboxylic acids is 6. The smallest absolute Gasteiger partial charge is 0.305 e. The van der Waals surface area contributed by atoms with Crippen molar-refractivity contribution in [2.45, 2.75) is 68.4 Å². The van der Waals surface area contributed by atoms with Crippen molar-refractivity contribution in [3.8, 4) is 0 Å². The number of aliphatic carboxylic acids is 1. The zero-order valence-electron chi connectivity index (χ0n) is 24.7. The van der Waals surface area contributed by atoms with E-state index in [0.29, 0.717) is 0 Å². The van der Waals surface area contributed by atoms with Crippen LogP contribution < -0.4 is 38.5 Å². The Hall–Kier alpha value is -3.39. The van der Waals surface area contributed by atoms with Gasteiger partial charge in [-0.05, 0) is 32.4 Å². The fraction of sp³-hybridized carbons (Fsp3) is 0.667. The maximum atomic E-state index is 13.7.